The first-order chi connectivity index (χ1) is 16.6. The molecule has 1 heterocycles. The van der Waals surface area contributed by atoms with E-state index in [1.54, 1.807) is 12.1 Å². The lowest BCUT2D eigenvalue weighted by atomic mass is 9.79. The molecule has 0 fully saturated rings. The predicted octanol–water partition coefficient (Wildman–Crippen LogP) is 7.05. The molecule has 5 rings (SSSR count). The number of benzene rings is 4. The van der Waals surface area contributed by atoms with Crippen molar-refractivity contribution in [2.75, 3.05) is 6.61 Å². The van der Waals surface area contributed by atoms with Gasteiger partial charge in [0.05, 0.1) is 17.1 Å². The molecule has 0 amide bonds. The lowest BCUT2D eigenvalue weighted by molar-refractivity contribution is -0.384. The van der Waals surface area contributed by atoms with Crippen LogP contribution in [0.15, 0.2) is 96.6 Å². The first kappa shape index (κ1) is 21.8. The number of nitro groups is 1. The summed E-state index contributed by atoms with van der Waals surface area (Å²) in [6.45, 7) is 2.31. The van der Waals surface area contributed by atoms with Crippen LogP contribution in [0.2, 0.25) is 0 Å². The van der Waals surface area contributed by atoms with E-state index in [9.17, 15) is 10.1 Å². The van der Waals surface area contributed by atoms with Gasteiger partial charge in [-0.2, -0.15) is 0 Å². The highest BCUT2D eigenvalue weighted by molar-refractivity contribution is 7.80. The highest BCUT2D eigenvalue weighted by Gasteiger charge is 2.36. The standard InChI is InChI=1S/C28H21NO4S/c1-2-32-28(34)26-24(19-12-15-21(16-13-19)29(30)31)25-22-11-7-6-8-18(22)14-17-23(25)33-27(26)20-9-4-3-5-10-20/h3-17,24H,2H2,1H3. The molecule has 0 spiro atoms. The number of ether oxygens (including phenoxy) is 2. The van der Waals surface area contributed by atoms with Gasteiger partial charge < -0.3 is 9.47 Å². The number of hydrogen-bond acceptors (Lipinski definition) is 5. The lowest BCUT2D eigenvalue weighted by Gasteiger charge is -2.32. The third-order valence-electron chi connectivity index (χ3n) is 5.93. The van der Waals surface area contributed by atoms with Crippen molar-refractivity contribution < 1.29 is 14.4 Å². The van der Waals surface area contributed by atoms with Gasteiger partial charge in [0.2, 0.25) is 0 Å². The number of fused-ring (bicyclic) bond motifs is 3. The Morgan fingerprint density at radius 2 is 1.68 bits per heavy atom. The molecule has 0 saturated carbocycles. The molecule has 0 aromatic heterocycles. The van der Waals surface area contributed by atoms with Crippen molar-refractivity contribution in [3.63, 3.8) is 0 Å². The van der Waals surface area contributed by atoms with Gasteiger partial charge in [-0.1, -0.05) is 72.8 Å². The largest absolute Gasteiger partial charge is 0.483 e. The van der Waals surface area contributed by atoms with Crippen LogP contribution in [0.5, 0.6) is 5.75 Å². The summed E-state index contributed by atoms with van der Waals surface area (Å²) in [5, 5.41) is 13.7. The summed E-state index contributed by atoms with van der Waals surface area (Å²) in [7, 11) is 0. The first-order valence-corrected chi connectivity index (χ1v) is 11.4. The maximum Gasteiger partial charge on any atom is 0.269 e. The molecule has 1 aliphatic rings. The summed E-state index contributed by atoms with van der Waals surface area (Å²) in [4.78, 5) is 10.9. The van der Waals surface area contributed by atoms with Crippen LogP contribution in [0.3, 0.4) is 0 Å². The number of non-ortho nitro benzene ring substituents is 1. The average Bonchev–Trinajstić information content (AvgIpc) is 2.88. The maximum atomic E-state index is 11.3. The molecule has 0 radical (unpaired) electrons. The van der Waals surface area contributed by atoms with Crippen LogP contribution in [-0.2, 0) is 4.74 Å². The summed E-state index contributed by atoms with van der Waals surface area (Å²) in [5.41, 5.74) is 3.49. The Balaban J connectivity index is 1.83. The van der Waals surface area contributed by atoms with Gasteiger partial charge in [-0.25, -0.2) is 0 Å². The Kier molecular flexibility index (Phi) is 5.82. The molecule has 5 nitrogen and oxygen atoms in total. The maximum absolute atomic E-state index is 11.3. The van der Waals surface area contributed by atoms with Gasteiger partial charge in [0, 0.05) is 29.2 Å². The SMILES string of the molecule is CCOC(=S)C1=C(c2ccccc2)Oc2ccc3ccccc3c2C1c1ccc([N+](=O)[O-])cc1. The van der Waals surface area contributed by atoms with Crippen molar-refractivity contribution in [3.05, 3.63) is 123 Å². The zero-order valence-corrected chi connectivity index (χ0v) is 19.2. The molecule has 4 aromatic carbocycles. The first-order valence-electron chi connectivity index (χ1n) is 11.0. The summed E-state index contributed by atoms with van der Waals surface area (Å²) in [5.74, 6) is 1.03. The number of rotatable bonds is 5. The van der Waals surface area contributed by atoms with Gasteiger partial charge in [0.1, 0.15) is 11.5 Å². The van der Waals surface area contributed by atoms with E-state index in [-0.39, 0.29) is 11.6 Å². The normalized spacial score (nSPS) is 14.9. The highest BCUT2D eigenvalue weighted by atomic mass is 32.1. The van der Waals surface area contributed by atoms with E-state index >= 15 is 0 Å². The van der Waals surface area contributed by atoms with Crippen molar-refractivity contribution in [1.82, 2.24) is 0 Å². The Morgan fingerprint density at radius 3 is 2.38 bits per heavy atom. The molecule has 1 aliphatic heterocycles. The van der Waals surface area contributed by atoms with E-state index in [2.05, 4.69) is 12.1 Å². The van der Waals surface area contributed by atoms with E-state index < -0.39 is 4.92 Å². The average molecular weight is 468 g/mol. The van der Waals surface area contributed by atoms with E-state index in [0.29, 0.717) is 17.4 Å². The fourth-order valence-electron chi connectivity index (χ4n) is 4.45. The second-order valence-corrected chi connectivity index (χ2v) is 8.28. The number of thiocarbonyl (C=S) groups is 1. The predicted molar refractivity (Wildman–Crippen MR) is 137 cm³/mol. The summed E-state index contributed by atoms with van der Waals surface area (Å²) >= 11 is 5.78. The molecule has 0 N–H and O–H groups in total. The van der Waals surface area contributed by atoms with Gasteiger partial charge in [0.25, 0.3) is 5.69 Å². The van der Waals surface area contributed by atoms with Gasteiger partial charge in [-0.3, -0.25) is 10.1 Å². The molecule has 168 valence electrons. The Hall–Kier alpha value is -4.03. The third-order valence-corrected chi connectivity index (χ3v) is 6.27. The lowest BCUT2D eigenvalue weighted by Crippen LogP contribution is -2.23. The van der Waals surface area contributed by atoms with Crippen molar-refractivity contribution >= 4 is 39.5 Å². The van der Waals surface area contributed by atoms with Crippen LogP contribution in [0.4, 0.5) is 5.69 Å². The van der Waals surface area contributed by atoms with Gasteiger partial charge in [-0.15, -0.1) is 0 Å². The Labute approximate surface area is 202 Å². The smallest absolute Gasteiger partial charge is 0.269 e. The number of hydrogen-bond donors (Lipinski definition) is 0. The molecule has 0 bridgehead atoms. The minimum Gasteiger partial charge on any atom is -0.483 e. The Bertz CT molecular complexity index is 1430. The Morgan fingerprint density at radius 1 is 0.971 bits per heavy atom. The van der Waals surface area contributed by atoms with E-state index in [1.165, 1.54) is 12.1 Å². The second-order valence-electron chi connectivity index (χ2n) is 7.91. The molecule has 4 aromatic rings. The number of nitrogens with zero attached hydrogens (tertiary/aromatic N) is 1. The van der Waals surface area contributed by atoms with Gasteiger partial charge >= 0.3 is 0 Å². The molecule has 34 heavy (non-hydrogen) atoms. The highest BCUT2D eigenvalue weighted by Crippen LogP contribution is 2.49. The van der Waals surface area contributed by atoms with Crippen LogP contribution in [0, 0.1) is 10.1 Å². The fourth-order valence-corrected chi connectivity index (χ4v) is 4.78. The quantitative estimate of drug-likeness (QED) is 0.179. The molecule has 1 unspecified atom stereocenters. The third kappa shape index (κ3) is 3.82. The minimum absolute atomic E-state index is 0.0372. The van der Waals surface area contributed by atoms with Crippen LogP contribution in [-0.4, -0.2) is 16.6 Å². The fraction of sp³-hybridized carbons (Fsp3) is 0.107. The van der Waals surface area contributed by atoms with E-state index in [1.807, 2.05) is 61.5 Å². The van der Waals surface area contributed by atoms with Crippen LogP contribution in [0.1, 0.15) is 29.5 Å². The van der Waals surface area contributed by atoms with Crippen molar-refractivity contribution in [1.29, 1.82) is 0 Å². The van der Waals surface area contributed by atoms with Gasteiger partial charge in [0.15, 0.2) is 5.05 Å². The molecular formula is C28H21NO4S. The number of nitro benzene ring substituents is 1. The minimum atomic E-state index is -0.395. The van der Waals surface area contributed by atoms with Crippen molar-refractivity contribution in [2.45, 2.75) is 12.8 Å². The van der Waals surface area contributed by atoms with Crippen molar-refractivity contribution in [3.8, 4) is 5.75 Å². The zero-order chi connectivity index (χ0) is 23.7. The second kappa shape index (κ2) is 9.08. The molecule has 1 atom stereocenters. The summed E-state index contributed by atoms with van der Waals surface area (Å²) < 4.78 is 12.4. The monoisotopic (exact) mass is 467 g/mol. The molecule has 6 heteroatoms. The van der Waals surface area contributed by atoms with E-state index in [4.69, 9.17) is 21.7 Å². The topological polar surface area (TPSA) is 61.6 Å². The van der Waals surface area contributed by atoms with Gasteiger partial charge in [-0.05, 0) is 41.5 Å². The van der Waals surface area contributed by atoms with Crippen LogP contribution < -0.4 is 4.74 Å². The van der Waals surface area contributed by atoms with Crippen LogP contribution in [0.25, 0.3) is 16.5 Å². The summed E-state index contributed by atoms with van der Waals surface area (Å²) in [6, 6.07) is 28.5. The summed E-state index contributed by atoms with van der Waals surface area (Å²) in [6.07, 6.45) is 0. The molecule has 0 saturated heterocycles. The van der Waals surface area contributed by atoms with Crippen LogP contribution >= 0.6 is 12.2 Å². The molecule has 0 aliphatic carbocycles. The zero-order valence-electron chi connectivity index (χ0n) is 18.4. The molecular weight excluding hydrogens is 446 g/mol. The van der Waals surface area contributed by atoms with Crippen molar-refractivity contribution in [2.24, 2.45) is 0 Å². The van der Waals surface area contributed by atoms with E-state index in [0.717, 1.165) is 38.8 Å².